The normalized spacial score (nSPS) is 22.0. The van der Waals surface area contributed by atoms with Crippen molar-refractivity contribution in [1.29, 1.82) is 0 Å². The lowest BCUT2D eigenvalue weighted by molar-refractivity contribution is -0.168. The lowest BCUT2D eigenvalue weighted by Crippen LogP contribution is -2.42. The van der Waals surface area contributed by atoms with Crippen LogP contribution in [0.1, 0.15) is 58.8 Å². The minimum absolute atomic E-state index is 0.141. The first kappa shape index (κ1) is 20.9. The van der Waals surface area contributed by atoms with Crippen molar-refractivity contribution in [3.05, 3.63) is 0 Å². The molecule has 8 heteroatoms. The van der Waals surface area contributed by atoms with Crippen LogP contribution in [0.3, 0.4) is 0 Å². The highest BCUT2D eigenvalue weighted by molar-refractivity contribution is 5.98. The van der Waals surface area contributed by atoms with Gasteiger partial charge in [0.15, 0.2) is 10.8 Å². The van der Waals surface area contributed by atoms with Gasteiger partial charge in [0.2, 0.25) is 0 Å². The molecule has 8 nitrogen and oxygen atoms in total. The van der Waals surface area contributed by atoms with E-state index in [1.807, 2.05) is 0 Å². The first-order valence-electron chi connectivity index (χ1n) is 8.38. The zero-order chi connectivity index (χ0) is 19.4. The van der Waals surface area contributed by atoms with E-state index in [4.69, 9.17) is 0 Å². The molecule has 0 aromatic carbocycles. The minimum atomic E-state index is -1.98. The summed E-state index contributed by atoms with van der Waals surface area (Å²) in [5.74, 6) is -6.47. The van der Waals surface area contributed by atoms with Gasteiger partial charge in [-0.25, -0.2) is 0 Å². The third-order valence-electron chi connectivity index (χ3n) is 5.55. The van der Waals surface area contributed by atoms with Crippen molar-refractivity contribution in [2.75, 3.05) is 0 Å². The number of carbonyl (C=O) groups is 4. The molecule has 0 amide bonds. The maximum Gasteiger partial charge on any atom is 0.320 e. The van der Waals surface area contributed by atoms with Gasteiger partial charge in [-0.2, -0.15) is 0 Å². The molecular weight excluding hydrogens is 332 g/mol. The molecule has 1 saturated carbocycles. The summed E-state index contributed by atoms with van der Waals surface area (Å²) in [6.07, 6.45) is 3.29. The van der Waals surface area contributed by atoms with Crippen LogP contribution in [0.25, 0.3) is 0 Å². The van der Waals surface area contributed by atoms with Crippen LogP contribution in [-0.4, -0.2) is 44.3 Å². The van der Waals surface area contributed by atoms with Crippen LogP contribution in [0, 0.1) is 22.7 Å². The van der Waals surface area contributed by atoms with E-state index in [0.717, 1.165) is 33.1 Å². The Morgan fingerprint density at radius 3 is 1.20 bits per heavy atom. The van der Waals surface area contributed by atoms with Gasteiger partial charge < -0.3 is 20.4 Å². The van der Waals surface area contributed by atoms with Gasteiger partial charge in [0.25, 0.3) is 0 Å². The maximum atomic E-state index is 11.5. The van der Waals surface area contributed by atoms with E-state index < -0.39 is 34.7 Å². The fourth-order valence-corrected chi connectivity index (χ4v) is 3.58. The summed E-state index contributed by atoms with van der Waals surface area (Å²) in [5.41, 5.74) is -3.95. The number of rotatable bonds is 8. The molecule has 2 atom stereocenters. The van der Waals surface area contributed by atoms with Crippen LogP contribution in [0.4, 0.5) is 0 Å². The zero-order valence-electron chi connectivity index (χ0n) is 14.5. The first-order valence-corrected chi connectivity index (χ1v) is 8.38. The van der Waals surface area contributed by atoms with E-state index in [1.54, 1.807) is 0 Å². The fraction of sp³-hybridized carbons (Fsp3) is 0.765. The maximum absolute atomic E-state index is 11.5. The molecule has 0 saturated heterocycles. The van der Waals surface area contributed by atoms with Gasteiger partial charge in [0.05, 0.1) is 0 Å². The monoisotopic (exact) mass is 358 g/mol. The van der Waals surface area contributed by atoms with Crippen molar-refractivity contribution in [2.45, 2.75) is 58.8 Å². The van der Waals surface area contributed by atoms with Crippen LogP contribution in [0.15, 0.2) is 0 Å². The topological polar surface area (TPSA) is 149 Å². The third-order valence-corrected chi connectivity index (χ3v) is 5.55. The standard InChI is InChI=1S/C17H26O8/c1-16(12(18)19,13(20)21)8-10-6-4-3-5-7-11(10)9-17(2,14(22)23)15(24)25/h10-11H,3-9H2,1-2H3,(H,18,19)(H,20,21)(H,22,23)(H,24,25). The molecule has 0 bridgehead atoms. The molecule has 0 aliphatic heterocycles. The Morgan fingerprint density at radius 2 is 0.960 bits per heavy atom. The number of aliphatic carboxylic acids is 4. The molecule has 1 aliphatic rings. The molecule has 1 fully saturated rings. The van der Waals surface area contributed by atoms with E-state index >= 15 is 0 Å². The van der Waals surface area contributed by atoms with E-state index in [1.165, 1.54) is 0 Å². The Hall–Kier alpha value is -2.12. The average molecular weight is 358 g/mol. The SMILES string of the molecule is CC(CC1CCCCCC1CC(C)(C(=O)O)C(=O)O)(C(=O)O)C(=O)O. The highest BCUT2D eigenvalue weighted by Crippen LogP contribution is 2.43. The third kappa shape index (κ3) is 4.49. The molecule has 142 valence electrons. The predicted molar refractivity (Wildman–Crippen MR) is 86.1 cm³/mol. The highest BCUT2D eigenvalue weighted by Gasteiger charge is 2.48. The summed E-state index contributed by atoms with van der Waals surface area (Å²) in [5, 5.41) is 37.3. The lowest BCUT2D eigenvalue weighted by atomic mass is 9.69. The van der Waals surface area contributed by atoms with Crippen molar-refractivity contribution >= 4 is 23.9 Å². The molecule has 0 heterocycles. The number of hydrogen-bond donors (Lipinski definition) is 4. The molecule has 1 aliphatic carbocycles. The van der Waals surface area contributed by atoms with Crippen LogP contribution >= 0.6 is 0 Å². The summed E-state index contributed by atoms with van der Waals surface area (Å²) in [6, 6.07) is 0. The molecule has 0 spiro atoms. The van der Waals surface area contributed by atoms with Gasteiger partial charge in [-0.3, -0.25) is 19.2 Å². The largest absolute Gasteiger partial charge is 0.480 e. The quantitative estimate of drug-likeness (QED) is 0.381. The second-order valence-electron chi connectivity index (χ2n) is 7.45. The number of carboxylic acids is 4. The van der Waals surface area contributed by atoms with Gasteiger partial charge in [-0.05, 0) is 38.5 Å². The van der Waals surface area contributed by atoms with E-state index in [0.29, 0.717) is 12.8 Å². The fourth-order valence-electron chi connectivity index (χ4n) is 3.58. The summed E-state index contributed by atoms with van der Waals surface area (Å²) >= 11 is 0. The Balaban J connectivity index is 3.13. The Morgan fingerprint density at radius 1 is 0.680 bits per heavy atom. The van der Waals surface area contributed by atoms with Crippen molar-refractivity contribution in [1.82, 2.24) is 0 Å². The lowest BCUT2D eigenvalue weighted by Gasteiger charge is -2.34. The van der Waals surface area contributed by atoms with E-state index in [-0.39, 0.29) is 24.7 Å². The molecular formula is C17H26O8. The van der Waals surface area contributed by atoms with Crippen molar-refractivity contribution in [3.8, 4) is 0 Å². The van der Waals surface area contributed by atoms with Gasteiger partial charge in [-0.15, -0.1) is 0 Å². The summed E-state index contributed by atoms with van der Waals surface area (Å²) in [7, 11) is 0. The van der Waals surface area contributed by atoms with Crippen LogP contribution in [0.2, 0.25) is 0 Å². The highest BCUT2D eigenvalue weighted by atomic mass is 16.4. The van der Waals surface area contributed by atoms with Crippen molar-refractivity contribution in [2.24, 2.45) is 22.7 Å². The van der Waals surface area contributed by atoms with Gasteiger partial charge in [0.1, 0.15) is 0 Å². The molecule has 0 radical (unpaired) electrons. The molecule has 25 heavy (non-hydrogen) atoms. The zero-order valence-corrected chi connectivity index (χ0v) is 14.5. The minimum Gasteiger partial charge on any atom is -0.480 e. The van der Waals surface area contributed by atoms with Crippen LogP contribution in [-0.2, 0) is 19.2 Å². The molecule has 0 aromatic heterocycles. The molecule has 2 unspecified atom stereocenters. The number of carboxylic acid groups (broad SMARTS) is 4. The first-order chi connectivity index (χ1) is 11.4. The molecule has 4 N–H and O–H groups in total. The average Bonchev–Trinajstić information content (AvgIpc) is 2.71. The van der Waals surface area contributed by atoms with E-state index in [2.05, 4.69) is 0 Å². The smallest absolute Gasteiger partial charge is 0.320 e. The summed E-state index contributed by atoms with van der Waals surface area (Å²) in [4.78, 5) is 45.8. The van der Waals surface area contributed by atoms with Crippen LogP contribution in [0.5, 0.6) is 0 Å². The van der Waals surface area contributed by atoms with Gasteiger partial charge in [-0.1, -0.05) is 32.1 Å². The summed E-state index contributed by atoms with van der Waals surface area (Å²) < 4.78 is 0. The summed E-state index contributed by atoms with van der Waals surface area (Å²) in [6.45, 7) is 2.29. The van der Waals surface area contributed by atoms with Crippen molar-refractivity contribution in [3.63, 3.8) is 0 Å². The second-order valence-corrected chi connectivity index (χ2v) is 7.45. The Bertz CT molecular complexity index is 477. The Kier molecular flexibility index (Phi) is 6.56. The number of hydrogen-bond acceptors (Lipinski definition) is 4. The van der Waals surface area contributed by atoms with Crippen LogP contribution < -0.4 is 0 Å². The second kappa shape index (κ2) is 7.84. The molecule has 0 aromatic rings. The Labute approximate surface area is 145 Å². The van der Waals surface area contributed by atoms with Crippen molar-refractivity contribution < 1.29 is 39.6 Å². The van der Waals surface area contributed by atoms with Gasteiger partial charge in [0, 0.05) is 0 Å². The molecule has 1 rings (SSSR count). The van der Waals surface area contributed by atoms with E-state index in [9.17, 15) is 39.6 Å². The van der Waals surface area contributed by atoms with Gasteiger partial charge >= 0.3 is 23.9 Å². The predicted octanol–water partition coefficient (Wildman–Crippen LogP) is 2.31.